The highest BCUT2D eigenvalue weighted by molar-refractivity contribution is 6.32. The molecule has 157 valence electrons. The second-order valence-electron chi connectivity index (χ2n) is 7.94. The van der Waals surface area contributed by atoms with Gasteiger partial charge in [-0.05, 0) is 66.9 Å². The molecule has 0 aliphatic carbocycles. The topological polar surface area (TPSA) is 80.4 Å². The molecule has 4 aromatic rings. The Hall–Kier alpha value is -3.28. The predicted octanol–water partition coefficient (Wildman–Crippen LogP) is 6.01. The Balaban J connectivity index is 1.74. The molecule has 0 saturated heterocycles. The molecule has 0 fully saturated rings. The lowest BCUT2D eigenvalue weighted by Crippen LogP contribution is -2.28. The van der Waals surface area contributed by atoms with E-state index in [2.05, 4.69) is 16.4 Å². The quantitative estimate of drug-likeness (QED) is 0.360. The van der Waals surface area contributed by atoms with E-state index in [9.17, 15) is 5.11 Å². The molecule has 31 heavy (non-hydrogen) atoms. The highest BCUT2D eigenvalue weighted by atomic mass is 35.5. The molecule has 1 heterocycles. The molecule has 6 heteroatoms. The van der Waals surface area contributed by atoms with E-state index in [0.717, 1.165) is 39.0 Å². The lowest BCUT2D eigenvalue weighted by molar-refractivity contribution is 0.374. The smallest absolute Gasteiger partial charge is 0.176 e. The van der Waals surface area contributed by atoms with E-state index in [1.54, 1.807) is 18.3 Å². The first-order valence-corrected chi connectivity index (χ1v) is 10.2. The van der Waals surface area contributed by atoms with Gasteiger partial charge in [-0.15, -0.1) is 0 Å². The Morgan fingerprint density at radius 1 is 1.06 bits per heavy atom. The van der Waals surface area contributed by atoms with Gasteiger partial charge in [0.05, 0.1) is 23.3 Å². The molecule has 0 bridgehead atoms. The monoisotopic (exact) mass is 432 g/mol. The molecule has 1 aromatic heterocycles. The van der Waals surface area contributed by atoms with Crippen molar-refractivity contribution in [3.63, 3.8) is 0 Å². The summed E-state index contributed by atoms with van der Waals surface area (Å²) in [5, 5.41) is 14.6. The van der Waals surface area contributed by atoms with Gasteiger partial charge in [0.25, 0.3) is 0 Å². The molecule has 0 spiro atoms. The minimum Gasteiger partial charge on any atom is -0.503 e. The number of ether oxygens (including phenoxy) is 1. The van der Waals surface area contributed by atoms with E-state index in [1.165, 1.54) is 7.11 Å². The van der Waals surface area contributed by atoms with Crippen molar-refractivity contribution in [1.29, 1.82) is 0 Å². The number of halogens is 1. The van der Waals surface area contributed by atoms with Gasteiger partial charge in [0.2, 0.25) is 0 Å². The van der Waals surface area contributed by atoms with Gasteiger partial charge >= 0.3 is 0 Å². The first kappa shape index (κ1) is 21.0. The maximum absolute atomic E-state index is 10.0. The molecule has 0 saturated carbocycles. The summed E-state index contributed by atoms with van der Waals surface area (Å²) >= 11 is 6.18. The number of rotatable bonds is 5. The largest absolute Gasteiger partial charge is 0.503 e. The first-order chi connectivity index (χ1) is 14.8. The number of hydrogen-bond acceptors (Lipinski definition) is 5. The fourth-order valence-corrected chi connectivity index (χ4v) is 3.61. The van der Waals surface area contributed by atoms with Gasteiger partial charge in [0.15, 0.2) is 11.5 Å². The maximum atomic E-state index is 10.0. The van der Waals surface area contributed by atoms with Crippen LogP contribution >= 0.6 is 11.6 Å². The summed E-state index contributed by atoms with van der Waals surface area (Å²) in [6.45, 7) is 3.96. The van der Waals surface area contributed by atoms with Crippen LogP contribution < -0.4 is 15.8 Å². The Morgan fingerprint density at radius 3 is 2.48 bits per heavy atom. The van der Waals surface area contributed by atoms with Crippen LogP contribution in [0.1, 0.15) is 19.4 Å². The number of hydrogen-bond donors (Lipinski definition) is 3. The highest BCUT2D eigenvalue weighted by Crippen LogP contribution is 2.39. The van der Waals surface area contributed by atoms with Crippen molar-refractivity contribution in [2.75, 3.05) is 12.4 Å². The van der Waals surface area contributed by atoms with E-state index < -0.39 is 5.54 Å². The standard InChI is InChI=1S/C25H23ClN3O2/c1-25(2,27)17-5-7-18(8-6-17)29-22-10-11-28-21-9-4-15(12-19(21)22)16-13-20(26)24(30)23(14-16)31-3/h4-9,11-14,30H,27H2,1-3H3,(H,28,29). The molecule has 4 N–H and O–H groups in total. The molecule has 0 aliphatic rings. The molecule has 0 aliphatic heterocycles. The fourth-order valence-electron chi connectivity index (χ4n) is 3.40. The number of aromatic hydroxyl groups is 1. The summed E-state index contributed by atoms with van der Waals surface area (Å²) in [7, 11) is 1.49. The summed E-state index contributed by atoms with van der Waals surface area (Å²) in [4.78, 5) is 4.43. The number of fused-ring (bicyclic) bond motifs is 1. The molecular weight excluding hydrogens is 410 g/mol. The zero-order valence-corrected chi connectivity index (χ0v) is 18.3. The van der Waals surface area contributed by atoms with E-state index in [4.69, 9.17) is 22.1 Å². The number of benzene rings is 3. The number of methoxy groups -OCH3 is 1. The average molecular weight is 433 g/mol. The number of phenols is 1. The minimum absolute atomic E-state index is 0.0739. The third-order valence-corrected chi connectivity index (χ3v) is 5.45. The van der Waals surface area contributed by atoms with Gasteiger partial charge in [-0.2, -0.15) is 0 Å². The van der Waals surface area contributed by atoms with Crippen molar-refractivity contribution in [2.24, 2.45) is 5.73 Å². The van der Waals surface area contributed by atoms with Crippen LogP contribution in [0.25, 0.3) is 22.0 Å². The normalized spacial score (nSPS) is 11.5. The SMILES string of the molecule is COc1cc(-c2ccc3nc[c]c(Nc4ccc(C(C)(C)N)cc4)c3c2)cc(Cl)c1O. The summed E-state index contributed by atoms with van der Waals surface area (Å²) in [5.41, 5.74) is 11.2. The molecular formula is C25H23ClN3O2. The van der Waals surface area contributed by atoms with Crippen molar-refractivity contribution in [1.82, 2.24) is 4.98 Å². The van der Waals surface area contributed by atoms with Crippen LogP contribution in [-0.2, 0) is 5.54 Å². The second-order valence-corrected chi connectivity index (χ2v) is 8.35. The van der Waals surface area contributed by atoms with Crippen LogP contribution in [0, 0.1) is 6.07 Å². The zero-order chi connectivity index (χ0) is 22.2. The number of nitrogens with one attached hydrogen (secondary N) is 1. The molecule has 4 rings (SSSR count). The third-order valence-electron chi connectivity index (χ3n) is 5.16. The van der Waals surface area contributed by atoms with Crippen molar-refractivity contribution in [2.45, 2.75) is 19.4 Å². The second kappa shape index (κ2) is 8.10. The molecule has 3 aromatic carbocycles. The highest BCUT2D eigenvalue weighted by Gasteiger charge is 2.14. The number of aromatic nitrogens is 1. The van der Waals surface area contributed by atoms with Crippen molar-refractivity contribution < 1.29 is 9.84 Å². The zero-order valence-electron chi connectivity index (χ0n) is 17.5. The van der Waals surface area contributed by atoms with E-state index in [1.807, 2.05) is 56.3 Å². The van der Waals surface area contributed by atoms with E-state index >= 15 is 0 Å². The minimum atomic E-state index is -0.393. The van der Waals surface area contributed by atoms with Gasteiger partial charge in [-0.3, -0.25) is 4.98 Å². The molecule has 0 atom stereocenters. The Kier molecular flexibility index (Phi) is 5.48. The Bertz CT molecular complexity index is 1250. The van der Waals surface area contributed by atoms with E-state index in [0.29, 0.717) is 5.75 Å². The molecule has 5 nitrogen and oxygen atoms in total. The van der Waals surface area contributed by atoms with Crippen LogP contribution in [0.3, 0.4) is 0 Å². The van der Waals surface area contributed by atoms with E-state index in [-0.39, 0.29) is 10.8 Å². The van der Waals surface area contributed by atoms with Gasteiger partial charge in [-0.1, -0.05) is 29.8 Å². The Labute approximate surface area is 186 Å². The van der Waals surface area contributed by atoms with Crippen LogP contribution in [0.4, 0.5) is 11.4 Å². The lowest BCUT2D eigenvalue weighted by atomic mass is 9.95. The Morgan fingerprint density at radius 2 is 1.81 bits per heavy atom. The number of pyridine rings is 1. The van der Waals surface area contributed by atoms with Crippen LogP contribution in [0.15, 0.2) is 60.8 Å². The van der Waals surface area contributed by atoms with Crippen LogP contribution in [0.5, 0.6) is 11.5 Å². The molecule has 0 unspecified atom stereocenters. The van der Waals surface area contributed by atoms with Crippen LogP contribution in [-0.4, -0.2) is 17.2 Å². The predicted molar refractivity (Wildman–Crippen MR) is 126 cm³/mol. The van der Waals surface area contributed by atoms with Gasteiger partial charge in [0, 0.05) is 28.9 Å². The van der Waals surface area contributed by atoms with Crippen molar-refractivity contribution >= 4 is 33.9 Å². The summed E-state index contributed by atoms with van der Waals surface area (Å²) < 4.78 is 5.24. The van der Waals surface area contributed by atoms with Gasteiger partial charge in [-0.25, -0.2) is 0 Å². The van der Waals surface area contributed by atoms with Crippen LogP contribution in [0.2, 0.25) is 5.02 Å². The molecule has 1 radical (unpaired) electrons. The van der Waals surface area contributed by atoms with Crippen molar-refractivity contribution in [3.05, 3.63) is 77.4 Å². The number of anilines is 2. The average Bonchev–Trinajstić information content (AvgIpc) is 2.75. The fraction of sp³-hybridized carbons (Fsp3) is 0.160. The maximum Gasteiger partial charge on any atom is 0.176 e. The first-order valence-electron chi connectivity index (χ1n) is 9.80. The summed E-state index contributed by atoms with van der Waals surface area (Å²) in [5.74, 6) is 0.247. The number of nitrogens with zero attached hydrogens (tertiary/aromatic N) is 1. The van der Waals surface area contributed by atoms with Gasteiger partial charge < -0.3 is 20.9 Å². The number of phenolic OH excluding ortho intramolecular Hbond substituents is 1. The van der Waals surface area contributed by atoms with Crippen molar-refractivity contribution in [3.8, 4) is 22.6 Å². The number of nitrogens with two attached hydrogens (primary N) is 1. The third kappa shape index (κ3) is 4.29. The molecule has 0 amide bonds. The summed E-state index contributed by atoms with van der Waals surface area (Å²) in [6, 6.07) is 20.6. The lowest BCUT2D eigenvalue weighted by Gasteiger charge is -2.19. The summed E-state index contributed by atoms with van der Waals surface area (Å²) in [6.07, 6.45) is 1.65. The van der Waals surface area contributed by atoms with Gasteiger partial charge in [0.1, 0.15) is 0 Å².